The molecule has 0 saturated carbocycles. The first-order chi connectivity index (χ1) is 5.04. The summed E-state index contributed by atoms with van der Waals surface area (Å²) in [5.41, 5.74) is 0. The maximum atomic E-state index is 10.7. The molecule has 0 aromatic rings. The van der Waals surface area contributed by atoms with Gasteiger partial charge in [-0.15, -0.1) is 0 Å². The largest absolute Gasteiger partial charge is 0.335 e. The molecule has 64 valence electrons. The van der Waals surface area contributed by atoms with Crippen molar-refractivity contribution in [2.75, 3.05) is 6.61 Å². The smallest absolute Gasteiger partial charge is 0.274 e. The van der Waals surface area contributed by atoms with E-state index in [1.165, 1.54) is 13.0 Å². The van der Waals surface area contributed by atoms with Gasteiger partial charge in [0.05, 0.1) is 6.61 Å². The Morgan fingerprint density at radius 1 is 1.55 bits per heavy atom. The molecule has 0 fully saturated rings. The third kappa shape index (κ3) is 3.29. The monoisotopic (exact) mass is 178 g/mol. The Morgan fingerprint density at radius 3 is 2.45 bits per heavy atom. The Labute approximate surface area is 66.0 Å². The van der Waals surface area contributed by atoms with E-state index in [2.05, 4.69) is 4.18 Å². The minimum absolute atomic E-state index is 0.0222. The van der Waals surface area contributed by atoms with Crippen LogP contribution in [0.2, 0.25) is 0 Å². The molecule has 0 aromatic heterocycles. The number of carbonyl (C=O) groups excluding carboxylic acids is 1. The maximum absolute atomic E-state index is 10.7. The molecule has 0 rings (SSSR count). The van der Waals surface area contributed by atoms with Crippen molar-refractivity contribution in [3.8, 4) is 0 Å². The molecule has 0 aliphatic heterocycles. The van der Waals surface area contributed by atoms with E-state index >= 15 is 0 Å². The lowest BCUT2D eigenvalue weighted by molar-refractivity contribution is -0.108. The molecule has 4 nitrogen and oxygen atoms in total. The topological polar surface area (TPSA) is 60.4 Å². The number of allylic oxidation sites excluding steroid dienone is 1. The van der Waals surface area contributed by atoms with Crippen molar-refractivity contribution in [3.05, 3.63) is 12.2 Å². The van der Waals surface area contributed by atoms with Gasteiger partial charge in [0, 0.05) is 0 Å². The van der Waals surface area contributed by atoms with Gasteiger partial charge in [-0.3, -0.25) is 8.98 Å². The van der Waals surface area contributed by atoms with E-state index in [0.717, 1.165) is 6.08 Å². The molecular weight excluding hydrogens is 168 g/mol. The van der Waals surface area contributed by atoms with Gasteiger partial charge in [0.15, 0.2) is 0 Å². The van der Waals surface area contributed by atoms with E-state index in [9.17, 15) is 13.2 Å². The third-order valence-corrected chi connectivity index (χ3v) is 2.00. The van der Waals surface area contributed by atoms with Crippen molar-refractivity contribution in [1.29, 1.82) is 0 Å². The molecule has 0 atom stereocenters. The SMILES string of the molecule is CC=CC(=O)S(=O)(=O)OCC. The van der Waals surface area contributed by atoms with E-state index in [4.69, 9.17) is 0 Å². The summed E-state index contributed by atoms with van der Waals surface area (Å²) in [4.78, 5) is 10.7. The molecular formula is C6H10O4S. The van der Waals surface area contributed by atoms with Crippen LogP contribution in [0.5, 0.6) is 0 Å². The molecule has 11 heavy (non-hydrogen) atoms. The van der Waals surface area contributed by atoms with Crippen LogP contribution in [-0.2, 0) is 19.1 Å². The minimum Gasteiger partial charge on any atom is -0.274 e. The van der Waals surface area contributed by atoms with Crippen LogP contribution in [0.1, 0.15) is 13.8 Å². The second-order valence-electron chi connectivity index (χ2n) is 1.68. The summed E-state index contributed by atoms with van der Waals surface area (Å²) in [6.07, 6.45) is 2.30. The Kier molecular flexibility index (Phi) is 3.99. The average molecular weight is 178 g/mol. The predicted molar refractivity (Wildman–Crippen MR) is 40.4 cm³/mol. The summed E-state index contributed by atoms with van der Waals surface area (Å²) in [6, 6.07) is 0. The van der Waals surface area contributed by atoms with Gasteiger partial charge in [0.1, 0.15) is 0 Å². The van der Waals surface area contributed by atoms with E-state index < -0.39 is 15.2 Å². The van der Waals surface area contributed by atoms with Crippen molar-refractivity contribution in [1.82, 2.24) is 0 Å². The molecule has 0 bridgehead atoms. The van der Waals surface area contributed by atoms with Crippen LogP contribution in [0.3, 0.4) is 0 Å². The Balaban J connectivity index is 4.45. The summed E-state index contributed by atoms with van der Waals surface area (Å²) in [5, 5.41) is -1.01. The fourth-order valence-corrected chi connectivity index (χ4v) is 1.16. The van der Waals surface area contributed by atoms with Gasteiger partial charge in [0.2, 0.25) is 0 Å². The van der Waals surface area contributed by atoms with Gasteiger partial charge in [-0.2, -0.15) is 8.42 Å². The second-order valence-corrected chi connectivity index (χ2v) is 3.23. The normalized spacial score (nSPS) is 12.2. The lowest BCUT2D eigenvalue weighted by Crippen LogP contribution is -2.15. The van der Waals surface area contributed by atoms with Crippen molar-refractivity contribution >= 4 is 15.2 Å². The van der Waals surface area contributed by atoms with Gasteiger partial charge < -0.3 is 0 Å². The van der Waals surface area contributed by atoms with E-state index in [0.29, 0.717) is 0 Å². The van der Waals surface area contributed by atoms with E-state index in [1.807, 2.05) is 0 Å². The molecule has 0 saturated heterocycles. The highest BCUT2D eigenvalue weighted by Crippen LogP contribution is 1.95. The van der Waals surface area contributed by atoms with E-state index in [1.54, 1.807) is 6.92 Å². The van der Waals surface area contributed by atoms with Crippen LogP contribution in [0.15, 0.2) is 12.2 Å². The quantitative estimate of drug-likeness (QED) is 0.465. The zero-order valence-electron chi connectivity index (χ0n) is 6.40. The summed E-state index contributed by atoms with van der Waals surface area (Å²) >= 11 is 0. The highest BCUT2D eigenvalue weighted by Gasteiger charge is 2.18. The molecule has 0 unspecified atom stereocenters. The summed E-state index contributed by atoms with van der Waals surface area (Å²) in [6.45, 7) is 3.03. The van der Waals surface area contributed by atoms with Crippen LogP contribution >= 0.6 is 0 Å². The van der Waals surface area contributed by atoms with Crippen molar-refractivity contribution in [2.45, 2.75) is 13.8 Å². The number of rotatable bonds is 3. The highest BCUT2D eigenvalue weighted by atomic mass is 32.2. The fraction of sp³-hybridized carbons (Fsp3) is 0.500. The Bertz CT molecular complexity index is 250. The van der Waals surface area contributed by atoms with Gasteiger partial charge >= 0.3 is 10.1 Å². The van der Waals surface area contributed by atoms with Gasteiger partial charge in [-0.05, 0) is 19.9 Å². The lowest BCUT2D eigenvalue weighted by Gasteiger charge is -1.96. The van der Waals surface area contributed by atoms with Gasteiger partial charge in [0.25, 0.3) is 5.12 Å². The Hall–Kier alpha value is -0.680. The summed E-state index contributed by atoms with van der Waals surface area (Å²) < 4.78 is 25.6. The molecule has 0 radical (unpaired) electrons. The van der Waals surface area contributed by atoms with Gasteiger partial charge in [-0.1, -0.05) is 6.08 Å². The fourth-order valence-electron chi connectivity index (χ4n) is 0.433. The summed E-state index contributed by atoms with van der Waals surface area (Å²) in [7, 11) is -4.00. The van der Waals surface area contributed by atoms with Crippen LogP contribution in [0, 0.1) is 0 Å². The summed E-state index contributed by atoms with van der Waals surface area (Å²) in [5.74, 6) is 0. The van der Waals surface area contributed by atoms with Gasteiger partial charge in [-0.25, -0.2) is 0 Å². The first-order valence-electron chi connectivity index (χ1n) is 3.10. The molecule has 0 heterocycles. The highest BCUT2D eigenvalue weighted by molar-refractivity contribution is 8.02. The second kappa shape index (κ2) is 4.25. The van der Waals surface area contributed by atoms with Crippen molar-refractivity contribution in [2.24, 2.45) is 0 Å². The standard InChI is InChI=1S/C6H10O4S/c1-3-5-6(7)11(8,9)10-4-2/h3,5H,4H2,1-2H3. The molecule has 0 aromatic carbocycles. The van der Waals surface area contributed by atoms with Crippen LogP contribution in [-0.4, -0.2) is 20.1 Å². The number of hydrogen-bond acceptors (Lipinski definition) is 4. The first-order valence-corrected chi connectivity index (χ1v) is 4.51. The third-order valence-electron chi connectivity index (χ3n) is 0.822. The zero-order chi connectivity index (χ0) is 8.91. The van der Waals surface area contributed by atoms with Crippen LogP contribution < -0.4 is 0 Å². The Morgan fingerprint density at radius 2 is 2.09 bits per heavy atom. The van der Waals surface area contributed by atoms with Crippen molar-refractivity contribution < 1.29 is 17.4 Å². The molecule has 0 N–H and O–H groups in total. The van der Waals surface area contributed by atoms with E-state index in [-0.39, 0.29) is 6.61 Å². The zero-order valence-corrected chi connectivity index (χ0v) is 7.22. The molecule has 0 spiro atoms. The number of hydrogen-bond donors (Lipinski definition) is 0. The minimum atomic E-state index is -4.00. The number of carbonyl (C=O) groups is 1. The van der Waals surface area contributed by atoms with Crippen LogP contribution in [0.4, 0.5) is 0 Å². The molecule has 0 aliphatic rings. The molecule has 5 heteroatoms. The average Bonchev–Trinajstić information content (AvgIpc) is 1.88. The maximum Gasteiger partial charge on any atom is 0.335 e. The lowest BCUT2D eigenvalue weighted by atomic mass is 10.6. The predicted octanol–water partition coefficient (Wildman–Crippen LogP) is 0.455. The molecule has 0 amide bonds. The van der Waals surface area contributed by atoms with Crippen LogP contribution in [0.25, 0.3) is 0 Å². The molecule has 0 aliphatic carbocycles. The van der Waals surface area contributed by atoms with Crippen molar-refractivity contribution in [3.63, 3.8) is 0 Å². The first kappa shape index (κ1) is 10.3.